The highest BCUT2D eigenvalue weighted by Gasteiger charge is 2.51. The van der Waals surface area contributed by atoms with E-state index >= 15 is 0 Å². The zero-order chi connectivity index (χ0) is 17.4. The number of halogens is 5. The van der Waals surface area contributed by atoms with Gasteiger partial charge in [0, 0.05) is 5.92 Å². The molecule has 0 heterocycles. The van der Waals surface area contributed by atoms with Crippen LogP contribution in [0.25, 0.3) is 0 Å². The summed E-state index contributed by atoms with van der Waals surface area (Å²) in [6.07, 6.45) is 1.19. The number of fused-ring (bicyclic) bond motifs is 1. The summed E-state index contributed by atoms with van der Waals surface area (Å²) < 4.78 is 69.3. The van der Waals surface area contributed by atoms with Crippen molar-refractivity contribution in [3.63, 3.8) is 0 Å². The van der Waals surface area contributed by atoms with E-state index in [9.17, 15) is 22.0 Å². The first-order valence-electron chi connectivity index (χ1n) is 8.86. The molecule has 5 heteroatoms. The predicted molar refractivity (Wildman–Crippen MR) is 82.7 cm³/mol. The van der Waals surface area contributed by atoms with E-state index in [1.807, 2.05) is 6.92 Å². The molecule has 0 bridgehead atoms. The van der Waals surface area contributed by atoms with Crippen LogP contribution in [0.5, 0.6) is 0 Å². The van der Waals surface area contributed by atoms with E-state index in [0.29, 0.717) is 37.7 Å². The third kappa shape index (κ3) is 3.06. The van der Waals surface area contributed by atoms with E-state index < -0.39 is 35.7 Å². The molecule has 0 nitrogen and oxygen atoms in total. The lowest BCUT2D eigenvalue weighted by molar-refractivity contribution is 0.155. The Kier molecular flexibility index (Phi) is 5.16. The average molecular weight is 346 g/mol. The molecular weight excluding hydrogens is 323 g/mol. The quantitative estimate of drug-likeness (QED) is 0.458. The number of alkyl halides is 2. The molecule has 134 valence electrons. The Morgan fingerprint density at radius 3 is 1.83 bits per heavy atom. The Bertz CT molecular complexity index is 544. The first kappa shape index (κ1) is 17.7. The van der Waals surface area contributed by atoms with Crippen LogP contribution in [0.1, 0.15) is 56.9 Å². The molecular formula is C19H23F5. The maximum absolute atomic E-state index is 14.6. The van der Waals surface area contributed by atoms with Crippen LogP contribution in [0.15, 0.2) is 12.1 Å². The van der Waals surface area contributed by atoms with Crippen molar-refractivity contribution in [2.45, 2.75) is 63.7 Å². The maximum Gasteiger partial charge on any atom is 0.194 e. The molecule has 2 aliphatic carbocycles. The van der Waals surface area contributed by atoms with Gasteiger partial charge in [0.25, 0.3) is 0 Å². The first-order chi connectivity index (χ1) is 11.4. The van der Waals surface area contributed by atoms with Crippen molar-refractivity contribution in [2.24, 2.45) is 17.8 Å². The third-order valence-electron chi connectivity index (χ3n) is 5.98. The summed E-state index contributed by atoms with van der Waals surface area (Å²) in [6, 6.07) is 2.04. The van der Waals surface area contributed by atoms with Gasteiger partial charge in [-0.25, -0.2) is 22.0 Å². The average Bonchev–Trinajstić information content (AvgIpc) is 2.73. The van der Waals surface area contributed by atoms with Gasteiger partial charge < -0.3 is 0 Å². The summed E-state index contributed by atoms with van der Waals surface area (Å²) in [5.41, 5.74) is 0.391. The summed E-state index contributed by atoms with van der Waals surface area (Å²) in [5.74, 6) is -5.19. The van der Waals surface area contributed by atoms with Gasteiger partial charge in [-0.15, -0.1) is 0 Å². The van der Waals surface area contributed by atoms with E-state index in [1.54, 1.807) is 0 Å². The Labute approximate surface area is 139 Å². The van der Waals surface area contributed by atoms with Gasteiger partial charge in [0.2, 0.25) is 0 Å². The molecule has 0 N–H and O–H groups in total. The van der Waals surface area contributed by atoms with Gasteiger partial charge in [-0.05, 0) is 67.6 Å². The van der Waals surface area contributed by atoms with Crippen LogP contribution >= 0.6 is 0 Å². The molecule has 0 amide bonds. The van der Waals surface area contributed by atoms with Crippen molar-refractivity contribution in [2.75, 3.05) is 0 Å². The predicted octanol–water partition coefficient (Wildman–Crippen LogP) is 6.10. The summed E-state index contributed by atoms with van der Waals surface area (Å²) >= 11 is 0. The van der Waals surface area contributed by atoms with Crippen LogP contribution < -0.4 is 0 Å². The second kappa shape index (κ2) is 7.01. The third-order valence-corrected chi connectivity index (χ3v) is 5.98. The molecule has 2 aliphatic rings. The van der Waals surface area contributed by atoms with Crippen LogP contribution in [0.2, 0.25) is 0 Å². The van der Waals surface area contributed by atoms with Gasteiger partial charge in [0.1, 0.15) is 12.3 Å². The van der Waals surface area contributed by atoms with E-state index in [0.717, 1.165) is 18.6 Å². The largest absolute Gasteiger partial charge is 0.247 e. The highest BCUT2D eigenvalue weighted by molar-refractivity contribution is 5.23. The molecule has 0 aromatic heterocycles. The van der Waals surface area contributed by atoms with Gasteiger partial charge in [0.15, 0.2) is 17.5 Å². The topological polar surface area (TPSA) is 0 Å². The standard InChI is InChI=1S/C19H23F5/c1-2-3-14-17(22)12-6-4-10(5-7-13(12)18(14)23)11-8-15(20)19(24)16(21)9-11/h8-10,12-14,17-18H,2-7H2,1H3. The summed E-state index contributed by atoms with van der Waals surface area (Å²) in [4.78, 5) is 0. The van der Waals surface area contributed by atoms with E-state index in [1.165, 1.54) is 0 Å². The Balaban J connectivity index is 1.76. The number of hydrogen-bond acceptors (Lipinski definition) is 0. The van der Waals surface area contributed by atoms with Gasteiger partial charge in [-0.2, -0.15) is 0 Å². The van der Waals surface area contributed by atoms with Crippen molar-refractivity contribution >= 4 is 0 Å². The number of benzene rings is 1. The van der Waals surface area contributed by atoms with Crippen molar-refractivity contribution in [1.29, 1.82) is 0 Å². The van der Waals surface area contributed by atoms with E-state index in [-0.39, 0.29) is 17.8 Å². The lowest BCUT2D eigenvalue weighted by Crippen LogP contribution is -2.20. The molecule has 2 fully saturated rings. The molecule has 1 aromatic carbocycles. The molecule has 1 aromatic rings. The minimum Gasteiger partial charge on any atom is -0.247 e. The molecule has 4 unspecified atom stereocenters. The SMILES string of the molecule is CCCC1C(F)C2CCC(c3cc(F)c(F)c(F)c3)CCC2C1F. The van der Waals surface area contributed by atoms with Crippen molar-refractivity contribution in [3.05, 3.63) is 35.1 Å². The Morgan fingerprint density at radius 2 is 1.38 bits per heavy atom. The van der Waals surface area contributed by atoms with Gasteiger partial charge in [-0.1, -0.05) is 13.3 Å². The molecule has 0 saturated heterocycles. The second-order valence-electron chi connectivity index (χ2n) is 7.32. The lowest BCUT2D eigenvalue weighted by Gasteiger charge is -2.19. The van der Waals surface area contributed by atoms with Crippen molar-refractivity contribution < 1.29 is 22.0 Å². The fourth-order valence-electron chi connectivity index (χ4n) is 4.76. The molecule has 0 aliphatic heterocycles. The van der Waals surface area contributed by atoms with E-state index in [2.05, 4.69) is 0 Å². The normalized spacial score (nSPS) is 36.4. The van der Waals surface area contributed by atoms with Gasteiger partial charge in [-0.3, -0.25) is 0 Å². The molecule has 0 spiro atoms. The minimum absolute atomic E-state index is 0.177. The van der Waals surface area contributed by atoms with Crippen LogP contribution in [0.4, 0.5) is 22.0 Å². The van der Waals surface area contributed by atoms with Crippen LogP contribution in [0.3, 0.4) is 0 Å². The zero-order valence-corrected chi connectivity index (χ0v) is 13.8. The molecule has 4 atom stereocenters. The van der Waals surface area contributed by atoms with Gasteiger partial charge >= 0.3 is 0 Å². The molecule has 0 radical (unpaired) electrons. The van der Waals surface area contributed by atoms with Crippen LogP contribution in [0, 0.1) is 35.2 Å². The van der Waals surface area contributed by atoms with E-state index in [4.69, 9.17) is 0 Å². The summed E-state index contributed by atoms with van der Waals surface area (Å²) in [7, 11) is 0. The second-order valence-corrected chi connectivity index (χ2v) is 7.32. The maximum atomic E-state index is 14.6. The van der Waals surface area contributed by atoms with Crippen LogP contribution in [-0.4, -0.2) is 12.3 Å². The van der Waals surface area contributed by atoms with Crippen molar-refractivity contribution in [3.8, 4) is 0 Å². The lowest BCUT2D eigenvalue weighted by atomic mass is 9.88. The molecule has 2 saturated carbocycles. The fraction of sp³-hybridized carbons (Fsp3) is 0.684. The van der Waals surface area contributed by atoms with Crippen molar-refractivity contribution in [1.82, 2.24) is 0 Å². The molecule has 24 heavy (non-hydrogen) atoms. The number of hydrogen-bond donors (Lipinski definition) is 0. The van der Waals surface area contributed by atoms with Crippen LogP contribution in [-0.2, 0) is 0 Å². The highest BCUT2D eigenvalue weighted by atomic mass is 19.2. The highest BCUT2D eigenvalue weighted by Crippen LogP contribution is 2.51. The monoisotopic (exact) mass is 346 g/mol. The Morgan fingerprint density at radius 1 is 0.875 bits per heavy atom. The smallest absolute Gasteiger partial charge is 0.194 e. The zero-order valence-electron chi connectivity index (χ0n) is 13.8. The number of rotatable bonds is 3. The fourth-order valence-corrected chi connectivity index (χ4v) is 4.76. The molecule has 3 rings (SSSR count). The van der Waals surface area contributed by atoms with Gasteiger partial charge in [0.05, 0.1) is 0 Å². The summed E-state index contributed by atoms with van der Waals surface area (Å²) in [5, 5.41) is 0. The minimum atomic E-state index is -1.47. The Hall–Kier alpha value is -1.13. The summed E-state index contributed by atoms with van der Waals surface area (Å²) in [6.45, 7) is 1.93. The first-order valence-corrected chi connectivity index (χ1v) is 8.86.